The van der Waals surface area contributed by atoms with Gasteiger partial charge in [0.05, 0.1) is 0 Å². The molecule has 0 aliphatic carbocycles. The normalized spacial score (nSPS) is 22.6. The van der Waals surface area contributed by atoms with Gasteiger partial charge >= 0.3 is 0 Å². The third-order valence-electron chi connectivity index (χ3n) is 3.44. The quantitative estimate of drug-likeness (QED) is 0.865. The smallest absolute Gasteiger partial charge is 0.225 e. The van der Waals surface area contributed by atoms with Gasteiger partial charge in [-0.05, 0) is 18.4 Å². The topological polar surface area (TPSA) is 46.3 Å². The van der Waals surface area contributed by atoms with Gasteiger partial charge in [0.1, 0.15) is 0 Å². The minimum absolute atomic E-state index is 0.0783. The van der Waals surface area contributed by atoms with Gasteiger partial charge in [0.25, 0.3) is 0 Å². The van der Waals surface area contributed by atoms with Crippen LogP contribution < -0.4 is 5.73 Å². The Bertz CT molecular complexity index is 377. The van der Waals surface area contributed by atoms with Crippen molar-refractivity contribution in [3.05, 3.63) is 35.9 Å². The van der Waals surface area contributed by atoms with Crippen LogP contribution in [0.1, 0.15) is 31.4 Å². The van der Waals surface area contributed by atoms with Crippen molar-refractivity contribution in [1.29, 1.82) is 0 Å². The van der Waals surface area contributed by atoms with Gasteiger partial charge in [0.2, 0.25) is 5.91 Å². The molecule has 2 atom stereocenters. The van der Waals surface area contributed by atoms with Crippen LogP contribution in [0, 0.1) is 5.92 Å². The fraction of sp³-hybridized carbons (Fsp3) is 0.500. The molecule has 3 nitrogen and oxygen atoms in total. The highest BCUT2D eigenvalue weighted by molar-refractivity contribution is 5.79. The molecule has 1 aromatic rings. The number of benzene rings is 1. The molecule has 2 rings (SSSR count). The number of nitrogens with two attached hydrogens (primary N) is 1. The van der Waals surface area contributed by atoms with Crippen LogP contribution in [0.4, 0.5) is 0 Å². The fourth-order valence-corrected chi connectivity index (χ4v) is 2.36. The number of likely N-dealkylation sites (tertiary alicyclic amines) is 1. The highest BCUT2D eigenvalue weighted by atomic mass is 16.2. The van der Waals surface area contributed by atoms with Crippen molar-refractivity contribution in [3.63, 3.8) is 0 Å². The van der Waals surface area contributed by atoms with Gasteiger partial charge < -0.3 is 10.6 Å². The van der Waals surface area contributed by atoms with E-state index in [2.05, 4.69) is 0 Å². The lowest BCUT2D eigenvalue weighted by molar-refractivity contribution is -0.138. The van der Waals surface area contributed by atoms with E-state index in [4.69, 9.17) is 5.73 Å². The molecule has 1 amide bonds. The maximum atomic E-state index is 12.0. The van der Waals surface area contributed by atoms with Crippen LogP contribution >= 0.6 is 0 Å². The predicted octanol–water partition coefficient (Wildman–Crippen LogP) is 1.94. The Morgan fingerprint density at radius 3 is 2.82 bits per heavy atom. The first-order valence-corrected chi connectivity index (χ1v) is 6.28. The summed E-state index contributed by atoms with van der Waals surface area (Å²) in [5.74, 6) is 0.411. The molecule has 0 bridgehead atoms. The van der Waals surface area contributed by atoms with Gasteiger partial charge in [0.15, 0.2) is 0 Å². The van der Waals surface area contributed by atoms with Crippen LogP contribution in [-0.2, 0) is 4.79 Å². The van der Waals surface area contributed by atoms with Crippen LogP contribution in [0.5, 0.6) is 0 Å². The molecule has 0 aromatic heterocycles. The third-order valence-corrected chi connectivity index (χ3v) is 3.44. The number of hydrogen-bond acceptors (Lipinski definition) is 2. The molecular weight excluding hydrogens is 212 g/mol. The first-order chi connectivity index (χ1) is 8.18. The minimum atomic E-state index is -0.0783. The summed E-state index contributed by atoms with van der Waals surface area (Å²) < 4.78 is 0. The van der Waals surface area contributed by atoms with Crippen LogP contribution in [0.2, 0.25) is 0 Å². The highest BCUT2D eigenvalue weighted by Crippen LogP contribution is 2.20. The number of carbonyl (C=O) groups excluding carboxylic acids is 1. The van der Waals surface area contributed by atoms with E-state index in [-0.39, 0.29) is 17.9 Å². The van der Waals surface area contributed by atoms with Crippen molar-refractivity contribution in [2.24, 2.45) is 11.7 Å². The van der Waals surface area contributed by atoms with Crippen molar-refractivity contribution in [2.45, 2.75) is 25.8 Å². The summed E-state index contributed by atoms with van der Waals surface area (Å²) in [4.78, 5) is 13.9. The van der Waals surface area contributed by atoms with E-state index in [0.29, 0.717) is 6.54 Å². The van der Waals surface area contributed by atoms with Crippen LogP contribution in [-0.4, -0.2) is 23.9 Å². The molecule has 92 valence electrons. The number of hydrogen-bond donors (Lipinski definition) is 1. The van der Waals surface area contributed by atoms with Crippen LogP contribution in [0.3, 0.4) is 0 Å². The van der Waals surface area contributed by atoms with Crippen molar-refractivity contribution in [2.75, 3.05) is 13.1 Å². The van der Waals surface area contributed by atoms with E-state index >= 15 is 0 Å². The zero-order valence-electron chi connectivity index (χ0n) is 10.3. The zero-order chi connectivity index (χ0) is 12.3. The standard InChI is InChI=1S/C14H20N2O/c1-11-6-5-9-16(14(11)17)10-13(15)12-7-3-2-4-8-12/h2-4,7-8,11,13H,5-6,9-10,15H2,1H3. The number of rotatable bonds is 3. The fourth-order valence-electron chi connectivity index (χ4n) is 2.36. The second kappa shape index (κ2) is 5.32. The summed E-state index contributed by atoms with van der Waals surface area (Å²) in [6.45, 7) is 3.49. The Kier molecular flexibility index (Phi) is 3.79. The van der Waals surface area contributed by atoms with Crippen molar-refractivity contribution >= 4 is 5.91 Å². The van der Waals surface area contributed by atoms with E-state index in [0.717, 1.165) is 24.9 Å². The van der Waals surface area contributed by atoms with Gasteiger partial charge in [-0.25, -0.2) is 0 Å². The van der Waals surface area contributed by atoms with E-state index in [1.54, 1.807) is 0 Å². The van der Waals surface area contributed by atoms with Crippen LogP contribution in [0.15, 0.2) is 30.3 Å². The first kappa shape index (κ1) is 12.1. The van der Waals surface area contributed by atoms with Crippen molar-refractivity contribution in [3.8, 4) is 0 Å². The molecular formula is C14H20N2O. The lowest BCUT2D eigenvalue weighted by Gasteiger charge is -2.32. The molecule has 1 aliphatic heterocycles. The maximum Gasteiger partial charge on any atom is 0.225 e. The predicted molar refractivity (Wildman–Crippen MR) is 68.3 cm³/mol. The summed E-state index contributed by atoms with van der Waals surface area (Å²) in [5.41, 5.74) is 7.24. The lowest BCUT2D eigenvalue weighted by atomic mass is 9.98. The summed E-state index contributed by atoms with van der Waals surface area (Å²) >= 11 is 0. The minimum Gasteiger partial charge on any atom is -0.341 e. The SMILES string of the molecule is CC1CCCN(CC(N)c2ccccc2)C1=O. The molecule has 1 fully saturated rings. The summed E-state index contributed by atoms with van der Waals surface area (Å²) in [5, 5.41) is 0. The average molecular weight is 232 g/mol. The molecule has 1 heterocycles. The number of amides is 1. The molecule has 1 saturated heterocycles. The molecule has 1 aromatic carbocycles. The second-order valence-corrected chi connectivity index (χ2v) is 4.84. The van der Waals surface area contributed by atoms with E-state index in [1.807, 2.05) is 42.2 Å². The molecule has 0 spiro atoms. The second-order valence-electron chi connectivity index (χ2n) is 4.84. The van der Waals surface area contributed by atoms with Gasteiger partial charge in [-0.1, -0.05) is 37.3 Å². The van der Waals surface area contributed by atoms with Crippen molar-refractivity contribution in [1.82, 2.24) is 4.90 Å². The van der Waals surface area contributed by atoms with E-state index in [9.17, 15) is 4.79 Å². The van der Waals surface area contributed by atoms with E-state index < -0.39 is 0 Å². The molecule has 17 heavy (non-hydrogen) atoms. The summed E-state index contributed by atoms with van der Waals surface area (Å²) in [6.07, 6.45) is 2.10. The maximum absolute atomic E-state index is 12.0. The monoisotopic (exact) mass is 232 g/mol. The van der Waals surface area contributed by atoms with Crippen LogP contribution in [0.25, 0.3) is 0 Å². The van der Waals surface area contributed by atoms with Gasteiger partial charge in [-0.15, -0.1) is 0 Å². The number of piperidine rings is 1. The third kappa shape index (κ3) is 2.86. The first-order valence-electron chi connectivity index (χ1n) is 6.28. The lowest BCUT2D eigenvalue weighted by Crippen LogP contribution is -2.43. The number of carbonyl (C=O) groups is 1. The Hall–Kier alpha value is -1.35. The van der Waals surface area contributed by atoms with Gasteiger partial charge in [0, 0.05) is 25.0 Å². The summed E-state index contributed by atoms with van der Waals surface area (Å²) in [7, 11) is 0. The van der Waals surface area contributed by atoms with Crippen molar-refractivity contribution < 1.29 is 4.79 Å². The molecule has 2 N–H and O–H groups in total. The Labute approximate surface area is 103 Å². The summed E-state index contributed by atoms with van der Waals surface area (Å²) in [6, 6.07) is 9.89. The molecule has 0 saturated carbocycles. The Morgan fingerprint density at radius 2 is 2.12 bits per heavy atom. The van der Waals surface area contributed by atoms with Gasteiger partial charge in [-0.3, -0.25) is 4.79 Å². The average Bonchev–Trinajstić information content (AvgIpc) is 2.36. The highest BCUT2D eigenvalue weighted by Gasteiger charge is 2.26. The molecule has 0 radical (unpaired) electrons. The molecule has 3 heteroatoms. The molecule has 2 unspecified atom stereocenters. The Balaban J connectivity index is 1.99. The largest absolute Gasteiger partial charge is 0.341 e. The van der Waals surface area contributed by atoms with E-state index in [1.165, 1.54) is 0 Å². The van der Waals surface area contributed by atoms with Gasteiger partial charge in [-0.2, -0.15) is 0 Å². The number of nitrogens with zero attached hydrogens (tertiary/aromatic N) is 1. The molecule has 1 aliphatic rings. The Morgan fingerprint density at radius 1 is 1.41 bits per heavy atom. The zero-order valence-corrected chi connectivity index (χ0v) is 10.3.